The number of ether oxygens (including phenoxy) is 1. The Kier molecular flexibility index (Phi) is 6.24. The minimum absolute atomic E-state index is 0.00104. The topological polar surface area (TPSA) is 83.6 Å². The number of nitrogens with zero attached hydrogens (tertiary/aromatic N) is 2. The van der Waals surface area contributed by atoms with E-state index in [1.807, 2.05) is 0 Å². The molecule has 1 aliphatic rings. The van der Waals surface area contributed by atoms with Crippen molar-refractivity contribution in [2.45, 2.75) is 38.6 Å². The summed E-state index contributed by atoms with van der Waals surface area (Å²) >= 11 is 0. The van der Waals surface area contributed by atoms with Crippen molar-refractivity contribution in [1.82, 2.24) is 10.3 Å². The zero-order valence-corrected chi connectivity index (χ0v) is 17.0. The second kappa shape index (κ2) is 8.60. The summed E-state index contributed by atoms with van der Waals surface area (Å²) in [6, 6.07) is 4.73. The Balaban J connectivity index is 1.79. The van der Waals surface area contributed by atoms with E-state index in [0.717, 1.165) is 29.3 Å². The van der Waals surface area contributed by atoms with Gasteiger partial charge >= 0.3 is 12.4 Å². The van der Waals surface area contributed by atoms with Crippen molar-refractivity contribution in [3.63, 3.8) is 0 Å². The Morgan fingerprint density at radius 2 is 1.91 bits per heavy atom. The van der Waals surface area contributed by atoms with Gasteiger partial charge in [0.1, 0.15) is 12.3 Å². The van der Waals surface area contributed by atoms with Crippen LogP contribution in [0.3, 0.4) is 0 Å². The summed E-state index contributed by atoms with van der Waals surface area (Å²) in [4.78, 5) is 29.8. The number of hydrogen-bond acceptors (Lipinski definition) is 4. The Hall–Kier alpha value is -3.44. The molecule has 0 spiro atoms. The van der Waals surface area contributed by atoms with Gasteiger partial charge in [0.2, 0.25) is 5.91 Å². The molecule has 172 valence electrons. The highest BCUT2D eigenvalue weighted by molar-refractivity contribution is 6.08. The Bertz CT molecular complexity index is 1010. The summed E-state index contributed by atoms with van der Waals surface area (Å²) < 4.78 is 68.0. The summed E-state index contributed by atoms with van der Waals surface area (Å²) in [6.45, 7) is 2.04. The van der Waals surface area contributed by atoms with E-state index in [9.17, 15) is 31.5 Å². The molecule has 1 aromatic heterocycles. The van der Waals surface area contributed by atoms with Crippen LogP contribution in [0, 0.1) is 0 Å². The largest absolute Gasteiger partial charge is 0.573 e. The number of carbonyl (C=O) groups excluding carboxylic acids is 2. The van der Waals surface area contributed by atoms with E-state index >= 15 is 0 Å². The lowest BCUT2D eigenvalue weighted by Crippen LogP contribution is -2.48. The van der Waals surface area contributed by atoms with E-state index in [1.165, 1.54) is 12.1 Å². The predicted octanol–water partition coefficient (Wildman–Crippen LogP) is 4.71. The number of rotatable bonds is 5. The molecule has 1 unspecified atom stereocenters. The molecule has 1 aliphatic heterocycles. The van der Waals surface area contributed by atoms with Crippen LogP contribution >= 0.6 is 0 Å². The molecule has 2 N–H and O–H groups in total. The van der Waals surface area contributed by atoms with E-state index in [-0.39, 0.29) is 18.1 Å². The SMILES string of the molecule is CCC(NC(=O)N1CC(=O)Nc2cc(C(C)(F)F)cnc21)c1ccc(OC(F)(F)F)cc1. The summed E-state index contributed by atoms with van der Waals surface area (Å²) in [5.41, 5.74) is 0.0505. The fourth-order valence-electron chi connectivity index (χ4n) is 3.13. The van der Waals surface area contributed by atoms with Crippen LogP contribution in [-0.4, -0.2) is 29.8 Å². The maximum absolute atomic E-state index is 13.6. The number of urea groups is 1. The van der Waals surface area contributed by atoms with Gasteiger partial charge in [-0.2, -0.15) is 0 Å². The van der Waals surface area contributed by atoms with E-state index in [1.54, 1.807) is 6.92 Å². The lowest BCUT2D eigenvalue weighted by molar-refractivity contribution is -0.274. The molecule has 3 rings (SSSR count). The van der Waals surface area contributed by atoms with E-state index in [0.29, 0.717) is 18.9 Å². The quantitative estimate of drug-likeness (QED) is 0.636. The second-order valence-electron chi connectivity index (χ2n) is 7.15. The minimum Gasteiger partial charge on any atom is -0.406 e. The Morgan fingerprint density at radius 1 is 1.25 bits per heavy atom. The summed E-state index contributed by atoms with van der Waals surface area (Å²) in [5.74, 6) is -4.18. The molecule has 0 bridgehead atoms. The van der Waals surface area contributed by atoms with Gasteiger partial charge in [-0.25, -0.2) is 18.6 Å². The third-order valence-electron chi connectivity index (χ3n) is 4.67. The first-order valence-corrected chi connectivity index (χ1v) is 9.49. The van der Waals surface area contributed by atoms with E-state index < -0.39 is 41.6 Å². The third-order valence-corrected chi connectivity index (χ3v) is 4.67. The normalized spacial score (nSPS) is 15.0. The van der Waals surface area contributed by atoms with Crippen molar-refractivity contribution in [1.29, 1.82) is 0 Å². The molecule has 0 fully saturated rings. The number of aromatic nitrogens is 1. The molecule has 1 atom stereocenters. The number of anilines is 2. The van der Waals surface area contributed by atoms with Crippen LogP contribution in [0.4, 0.5) is 38.3 Å². The molecule has 1 aromatic carbocycles. The van der Waals surface area contributed by atoms with Gasteiger partial charge in [-0.15, -0.1) is 13.2 Å². The summed E-state index contributed by atoms with van der Waals surface area (Å²) in [7, 11) is 0. The molecule has 0 saturated heterocycles. The monoisotopic (exact) mass is 458 g/mol. The van der Waals surface area contributed by atoms with Crippen molar-refractivity contribution in [2.24, 2.45) is 0 Å². The number of benzene rings is 1. The lowest BCUT2D eigenvalue weighted by atomic mass is 10.0. The molecular weight excluding hydrogens is 439 g/mol. The van der Waals surface area contributed by atoms with Crippen LogP contribution in [0.1, 0.15) is 37.4 Å². The molecular formula is C20H19F5N4O3. The van der Waals surface area contributed by atoms with Crippen LogP contribution in [0.5, 0.6) is 5.75 Å². The van der Waals surface area contributed by atoms with Crippen molar-refractivity contribution < 1.29 is 36.3 Å². The number of hydrogen-bond donors (Lipinski definition) is 2. The van der Waals surface area contributed by atoms with Crippen molar-refractivity contribution in [3.05, 3.63) is 47.7 Å². The van der Waals surface area contributed by atoms with Crippen LogP contribution < -0.4 is 20.3 Å². The van der Waals surface area contributed by atoms with Crippen LogP contribution in [0.15, 0.2) is 36.5 Å². The van der Waals surface area contributed by atoms with Gasteiger partial charge in [-0.1, -0.05) is 19.1 Å². The third kappa shape index (κ3) is 5.42. The zero-order valence-electron chi connectivity index (χ0n) is 17.0. The fourth-order valence-corrected chi connectivity index (χ4v) is 3.13. The maximum atomic E-state index is 13.6. The first-order valence-electron chi connectivity index (χ1n) is 9.49. The number of fused-ring (bicyclic) bond motifs is 1. The molecule has 0 radical (unpaired) electrons. The molecule has 0 aliphatic carbocycles. The molecule has 3 amide bonds. The maximum Gasteiger partial charge on any atom is 0.573 e. The predicted molar refractivity (Wildman–Crippen MR) is 104 cm³/mol. The highest BCUT2D eigenvalue weighted by Crippen LogP contribution is 2.34. The number of alkyl halides is 5. The van der Waals surface area contributed by atoms with Gasteiger partial charge in [0, 0.05) is 18.7 Å². The standard InChI is InChI=1S/C20H19F5N4O3/c1-3-14(11-4-6-13(7-5-11)32-20(23,24)25)28-18(31)29-10-16(30)27-15-8-12(19(2,21)22)9-26-17(15)29/h4-9,14H,3,10H2,1-2H3,(H,27,30)(H,28,31). The number of halogens is 5. The smallest absolute Gasteiger partial charge is 0.406 e. The molecule has 0 saturated carbocycles. The van der Waals surface area contributed by atoms with E-state index in [2.05, 4.69) is 20.4 Å². The highest BCUT2D eigenvalue weighted by Gasteiger charge is 2.33. The number of nitrogens with one attached hydrogen (secondary N) is 2. The number of pyridine rings is 1. The van der Waals surface area contributed by atoms with E-state index in [4.69, 9.17) is 0 Å². The molecule has 2 heterocycles. The average Bonchev–Trinajstić information content (AvgIpc) is 2.69. The van der Waals surface area contributed by atoms with Crippen molar-refractivity contribution in [2.75, 3.05) is 16.8 Å². The van der Waals surface area contributed by atoms with Crippen LogP contribution in [0.2, 0.25) is 0 Å². The lowest BCUT2D eigenvalue weighted by Gasteiger charge is -2.30. The highest BCUT2D eigenvalue weighted by atomic mass is 19.4. The minimum atomic E-state index is -4.82. The molecule has 32 heavy (non-hydrogen) atoms. The van der Waals surface area contributed by atoms with Gasteiger partial charge in [-0.05, 0) is 30.2 Å². The van der Waals surface area contributed by atoms with Crippen LogP contribution in [0.25, 0.3) is 0 Å². The zero-order chi connectivity index (χ0) is 23.7. The average molecular weight is 458 g/mol. The molecule has 2 aromatic rings. The van der Waals surface area contributed by atoms with Gasteiger partial charge in [0.25, 0.3) is 5.92 Å². The van der Waals surface area contributed by atoms with Gasteiger partial charge < -0.3 is 15.4 Å². The fraction of sp³-hybridized carbons (Fsp3) is 0.350. The Morgan fingerprint density at radius 3 is 2.47 bits per heavy atom. The summed E-state index contributed by atoms with van der Waals surface area (Å²) in [6.07, 6.45) is -3.52. The molecule has 7 nitrogen and oxygen atoms in total. The number of amides is 3. The molecule has 12 heteroatoms. The van der Waals surface area contributed by atoms with Crippen LogP contribution in [-0.2, 0) is 10.7 Å². The van der Waals surface area contributed by atoms with Crippen molar-refractivity contribution >= 4 is 23.4 Å². The van der Waals surface area contributed by atoms with Gasteiger partial charge in [0.05, 0.1) is 11.7 Å². The summed E-state index contributed by atoms with van der Waals surface area (Å²) in [5, 5.41) is 5.10. The van der Waals surface area contributed by atoms with Gasteiger partial charge in [-0.3, -0.25) is 9.69 Å². The van der Waals surface area contributed by atoms with Gasteiger partial charge in [0.15, 0.2) is 5.82 Å². The Labute approximate surface area is 179 Å². The first kappa shape index (κ1) is 23.2. The second-order valence-corrected chi connectivity index (χ2v) is 7.15. The van der Waals surface area contributed by atoms with Crippen molar-refractivity contribution in [3.8, 4) is 5.75 Å². The number of carbonyl (C=O) groups is 2. The first-order chi connectivity index (χ1) is 14.9.